The molecule has 2 N–H and O–H groups in total. The summed E-state index contributed by atoms with van der Waals surface area (Å²) in [7, 11) is 0. The first kappa shape index (κ1) is 16.5. The Labute approximate surface area is 112 Å². The quantitative estimate of drug-likeness (QED) is 0.473. The number of carbonyl (C=O) groups is 2. The van der Waals surface area contributed by atoms with Gasteiger partial charge in [0.15, 0.2) is 0 Å². The van der Waals surface area contributed by atoms with Crippen LogP contribution in [0, 0.1) is 0 Å². The first-order valence-corrected chi connectivity index (χ1v) is 6.93. The third kappa shape index (κ3) is 11.8. The first-order chi connectivity index (χ1) is 8.20. The first-order valence-electron chi connectivity index (χ1n) is 5.86. The van der Waals surface area contributed by atoms with E-state index in [9.17, 15) is 9.59 Å². The van der Waals surface area contributed by atoms with Crippen LogP contribution in [-0.4, -0.2) is 36.7 Å². The lowest BCUT2D eigenvalue weighted by molar-refractivity contribution is -0.121. The molecular weight excluding hydrogens is 263 g/mol. The van der Waals surface area contributed by atoms with Crippen LogP contribution in [0.1, 0.15) is 32.1 Å². The fourth-order valence-electron chi connectivity index (χ4n) is 1.18. The van der Waals surface area contributed by atoms with Crippen molar-refractivity contribution in [2.45, 2.75) is 32.1 Å². The normalized spacial score (nSPS) is 10.0. The summed E-state index contributed by atoms with van der Waals surface area (Å²) in [5.74, 6) is 1.03. The van der Waals surface area contributed by atoms with Crippen molar-refractivity contribution in [3.05, 3.63) is 0 Å². The largest absolute Gasteiger partial charge is 0.356 e. The molecule has 0 aliphatic carbocycles. The van der Waals surface area contributed by atoms with Gasteiger partial charge in [0.25, 0.3) is 0 Å². The van der Waals surface area contributed by atoms with Crippen LogP contribution in [0.5, 0.6) is 0 Å². The molecule has 0 bridgehead atoms. The van der Waals surface area contributed by atoms with Gasteiger partial charge in [-0.2, -0.15) is 0 Å². The van der Waals surface area contributed by atoms with E-state index in [-0.39, 0.29) is 11.8 Å². The molecule has 0 radical (unpaired) electrons. The van der Waals surface area contributed by atoms with E-state index in [0.29, 0.717) is 50.5 Å². The second kappa shape index (κ2) is 12.0. The van der Waals surface area contributed by atoms with Crippen molar-refractivity contribution >= 4 is 35.0 Å². The summed E-state index contributed by atoms with van der Waals surface area (Å²) in [5, 5.41) is 5.53. The van der Waals surface area contributed by atoms with Gasteiger partial charge in [0.1, 0.15) is 0 Å². The standard InChI is InChI=1S/C11H20Cl2N2O2/c12-6-1-4-10(16)14-8-3-9-15-11(17)5-2-7-13/h1-9H2,(H,14,16)(H,15,17). The highest BCUT2D eigenvalue weighted by atomic mass is 35.5. The van der Waals surface area contributed by atoms with Crippen LogP contribution in [0.2, 0.25) is 0 Å². The Morgan fingerprint density at radius 1 is 0.765 bits per heavy atom. The lowest BCUT2D eigenvalue weighted by atomic mass is 10.3. The molecule has 0 aromatic carbocycles. The van der Waals surface area contributed by atoms with Gasteiger partial charge in [-0.3, -0.25) is 9.59 Å². The molecule has 0 aliphatic heterocycles. The molecular formula is C11H20Cl2N2O2. The predicted molar refractivity (Wildman–Crippen MR) is 70.5 cm³/mol. The zero-order valence-corrected chi connectivity index (χ0v) is 11.4. The SMILES string of the molecule is O=C(CCCCl)NCCCNC(=O)CCCCl. The summed E-state index contributed by atoms with van der Waals surface area (Å²) in [6.07, 6.45) is 3.06. The maximum atomic E-state index is 11.2. The number of carbonyl (C=O) groups excluding carboxylic acids is 2. The molecule has 0 unspecified atom stereocenters. The predicted octanol–water partition coefficient (Wildman–Crippen LogP) is 1.65. The van der Waals surface area contributed by atoms with Crippen molar-refractivity contribution in [1.82, 2.24) is 10.6 Å². The second-order valence-corrected chi connectivity index (χ2v) is 4.39. The molecule has 0 spiro atoms. The Morgan fingerprint density at radius 2 is 1.18 bits per heavy atom. The fraction of sp³-hybridized carbons (Fsp3) is 0.818. The molecule has 17 heavy (non-hydrogen) atoms. The minimum absolute atomic E-state index is 0.0131. The molecule has 0 rings (SSSR count). The number of hydrogen-bond donors (Lipinski definition) is 2. The number of hydrogen-bond acceptors (Lipinski definition) is 2. The van der Waals surface area contributed by atoms with Crippen molar-refractivity contribution in [2.75, 3.05) is 24.8 Å². The topological polar surface area (TPSA) is 58.2 Å². The maximum absolute atomic E-state index is 11.2. The highest BCUT2D eigenvalue weighted by Gasteiger charge is 2.01. The summed E-state index contributed by atoms with van der Waals surface area (Å²) < 4.78 is 0. The molecule has 100 valence electrons. The summed E-state index contributed by atoms with van der Waals surface area (Å²) in [5.41, 5.74) is 0. The lowest BCUT2D eigenvalue weighted by Crippen LogP contribution is -2.29. The van der Waals surface area contributed by atoms with E-state index in [1.807, 2.05) is 0 Å². The van der Waals surface area contributed by atoms with Gasteiger partial charge in [-0.25, -0.2) is 0 Å². The number of nitrogens with one attached hydrogen (secondary N) is 2. The summed E-state index contributed by atoms with van der Waals surface area (Å²) in [6.45, 7) is 1.16. The van der Waals surface area contributed by atoms with Gasteiger partial charge < -0.3 is 10.6 Å². The Kier molecular flexibility index (Phi) is 11.7. The van der Waals surface area contributed by atoms with E-state index in [0.717, 1.165) is 6.42 Å². The van der Waals surface area contributed by atoms with Gasteiger partial charge in [0.05, 0.1) is 0 Å². The van der Waals surface area contributed by atoms with Crippen LogP contribution in [0.15, 0.2) is 0 Å². The Hall–Kier alpha value is -0.480. The van der Waals surface area contributed by atoms with Crippen LogP contribution < -0.4 is 10.6 Å². The Morgan fingerprint density at radius 3 is 1.53 bits per heavy atom. The van der Waals surface area contributed by atoms with Gasteiger partial charge in [-0.05, 0) is 19.3 Å². The zero-order valence-electron chi connectivity index (χ0n) is 9.94. The number of halogens is 2. The van der Waals surface area contributed by atoms with Crippen LogP contribution in [0.25, 0.3) is 0 Å². The Bertz CT molecular complexity index is 204. The molecule has 6 heteroatoms. The second-order valence-electron chi connectivity index (χ2n) is 3.64. The highest BCUT2D eigenvalue weighted by molar-refractivity contribution is 6.18. The van der Waals surface area contributed by atoms with E-state index < -0.39 is 0 Å². The van der Waals surface area contributed by atoms with Gasteiger partial charge in [-0.15, -0.1) is 23.2 Å². The van der Waals surface area contributed by atoms with Crippen LogP contribution in [-0.2, 0) is 9.59 Å². The molecule has 0 saturated carbocycles. The number of rotatable bonds is 10. The van der Waals surface area contributed by atoms with Gasteiger partial charge >= 0.3 is 0 Å². The van der Waals surface area contributed by atoms with E-state index >= 15 is 0 Å². The molecule has 0 heterocycles. The van der Waals surface area contributed by atoms with Gasteiger partial charge in [-0.1, -0.05) is 0 Å². The Balaban J connectivity index is 3.28. The van der Waals surface area contributed by atoms with Crippen molar-refractivity contribution in [3.8, 4) is 0 Å². The molecule has 4 nitrogen and oxygen atoms in total. The molecule has 0 fully saturated rings. The molecule has 0 saturated heterocycles. The highest BCUT2D eigenvalue weighted by Crippen LogP contribution is 1.92. The third-order valence-corrected chi connectivity index (χ3v) is 2.61. The van der Waals surface area contributed by atoms with E-state index in [4.69, 9.17) is 23.2 Å². The lowest BCUT2D eigenvalue weighted by Gasteiger charge is -2.06. The molecule has 2 amide bonds. The molecule has 0 aromatic rings. The minimum atomic E-state index is 0.0131. The number of alkyl halides is 2. The van der Waals surface area contributed by atoms with Crippen LogP contribution >= 0.6 is 23.2 Å². The van der Waals surface area contributed by atoms with Gasteiger partial charge in [0.2, 0.25) is 11.8 Å². The van der Waals surface area contributed by atoms with E-state index in [2.05, 4.69) is 10.6 Å². The average Bonchev–Trinajstić information content (AvgIpc) is 2.33. The van der Waals surface area contributed by atoms with Crippen LogP contribution in [0.4, 0.5) is 0 Å². The zero-order chi connectivity index (χ0) is 12.9. The third-order valence-electron chi connectivity index (χ3n) is 2.07. The monoisotopic (exact) mass is 282 g/mol. The summed E-state index contributed by atoms with van der Waals surface area (Å²) in [4.78, 5) is 22.3. The molecule has 0 atom stereocenters. The van der Waals surface area contributed by atoms with Crippen molar-refractivity contribution in [2.24, 2.45) is 0 Å². The minimum Gasteiger partial charge on any atom is -0.356 e. The van der Waals surface area contributed by atoms with Crippen molar-refractivity contribution in [1.29, 1.82) is 0 Å². The summed E-state index contributed by atoms with van der Waals surface area (Å²) >= 11 is 10.9. The van der Waals surface area contributed by atoms with Crippen LogP contribution in [0.3, 0.4) is 0 Å². The maximum Gasteiger partial charge on any atom is 0.220 e. The smallest absolute Gasteiger partial charge is 0.220 e. The molecule has 0 aromatic heterocycles. The van der Waals surface area contributed by atoms with Crippen molar-refractivity contribution < 1.29 is 9.59 Å². The van der Waals surface area contributed by atoms with E-state index in [1.54, 1.807) is 0 Å². The van der Waals surface area contributed by atoms with Gasteiger partial charge in [0, 0.05) is 37.7 Å². The fourth-order valence-corrected chi connectivity index (χ4v) is 1.44. The molecule has 0 aliphatic rings. The number of amides is 2. The summed E-state index contributed by atoms with van der Waals surface area (Å²) in [6, 6.07) is 0. The average molecular weight is 283 g/mol. The van der Waals surface area contributed by atoms with E-state index in [1.165, 1.54) is 0 Å². The van der Waals surface area contributed by atoms with Crippen molar-refractivity contribution in [3.63, 3.8) is 0 Å².